The summed E-state index contributed by atoms with van der Waals surface area (Å²) in [6, 6.07) is 0.935. The van der Waals surface area contributed by atoms with Gasteiger partial charge in [-0.1, -0.05) is 0 Å². The predicted octanol–water partition coefficient (Wildman–Crippen LogP) is 3.61. The summed E-state index contributed by atoms with van der Waals surface area (Å²) >= 11 is 0. The van der Waals surface area contributed by atoms with E-state index in [2.05, 4.69) is 25.2 Å². The number of rotatable bonds is 6. The van der Waals surface area contributed by atoms with Crippen LogP contribution in [0.15, 0.2) is 24.7 Å². The minimum absolute atomic E-state index is 0.0909. The highest BCUT2D eigenvalue weighted by Crippen LogP contribution is 2.41. The van der Waals surface area contributed by atoms with E-state index in [1.54, 1.807) is 0 Å². The van der Waals surface area contributed by atoms with E-state index in [9.17, 15) is 31.1 Å². The van der Waals surface area contributed by atoms with Crippen LogP contribution in [0, 0.1) is 0 Å². The maximum absolute atomic E-state index is 13.4. The first-order valence-corrected chi connectivity index (χ1v) is 8.95. The highest BCUT2D eigenvalue weighted by Gasteiger charge is 2.38. The molecule has 3 aromatic heterocycles. The van der Waals surface area contributed by atoms with Crippen LogP contribution in [-0.4, -0.2) is 43.1 Å². The average Bonchev–Trinajstić information content (AvgIpc) is 3.27. The van der Waals surface area contributed by atoms with Crippen LogP contribution in [0.3, 0.4) is 0 Å². The molecule has 1 aliphatic rings. The molecule has 0 radical (unpaired) electrons. The predicted molar refractivity (Wildman–Crippen MR) is 92.2 cm³/mol. The fourth-order valence-electron chi connectivity index (χ4n) is 2.88. The molecule has 0 bridgehead atoms. The van der Waals surface area contributed by atoms with Gasteiger partial charge in [0.1, 0.15) is 24.6 Å². The summed E-state index contributed by atoms with van der Waals surface area (Å²) < 4.78 is 82.7. The summed E-state index contributed by atoms with van der Waals surface area (Å²) in [5.74, 6) is -0.883. The van der Waals surface area contributed by atoms with Crippen LogP contribution in [0.4, 0.5) is 32.0 Å². The Morgan fingerprint density at radius 1 is 1.16 bits per heavy atom. The van der Waals surface area contributed by atoms with Crippen LogP contribution in [-0.2, 0) is 17.6 Å². The number of carbonyl (C=O) groups is 1. The van der Waals surface area contributed by atoms with E-state index in [1.165, 1.54) is 6.20 Å². The lowest BCUT2D eigenvalue weighted by atomic mass is 10.2. The maximum atomic E-state index is 13.4. The molecule has 31 heavy (non-hydrogen) atoms. The normalized spacial score (nSPS) is 14.9. The SMILES string of the molecule is O=C(Nc1cnn(COCC(F)(F)F)c1)c1cnn2c(C(F)(F)F)cc(C3CC3)nc12. The second-order valence-electron chi connectivity index (χ2n) is 6.95. The standard InChI is InChI=1S/C17H14F6N6O2/c18-16(19,20)7-31-8-28-6-10(4-24-28)26-15(30)11-5-25-29-13(17(21,22)23)3-12(9-1-2-9)27-14(11)29/h3-6,9H,1-2,7-8H2,(H,26,30). The van der Waals surface area contributed by atoms with Gasteiger partial charge in [0.15, 0.2) is 5.65 Å². The van der Waals surface area contributed by atoms with Crippen molar-refractivity contribution in [2.75, 3.05) is 11.9 Å². The van der Waals surface area contributed by atoms with Crippen molar-refractivity contribution >= 4 is 17.2 Å². The van der Waals surface area contributed by atoms with Crippen molar-refractivity contribution in [1.29, 1.82) is 0 Å². The Morgan fingerprint density at radius 2 is 1.90 bits per heavy atom. The molecule has 3 heterocycles. The molecular formula is C17H14F6N6O2. The van der Waals surface area contributed by atoms with E-state index in [4.69, 9.17) is 0 Å². The third-order valence-corrected chi connectivity index (χ3v) is 4.40. The Morgan fingerprint density at radius 3 is 2.55 bits per heavy atom. The van der Waals surface area contributed by atoms with Crippen molar-refractivity contribution in [3.05, 3.63) is 41.6 Å². The summed E-state index contributed by atoms with van der Waals surface area (Å²) in [6.45, 7) is -1.97. The van der Waals surface area contributed by atoms with Crippen LogP contribution >= 0.6 is 0 Å². The third-order valence-electron chi connectivity index (χ3n) is 4.40. The molecule has 0 unspecified atom stereocenters. The number of anilines is 1. The van der Waals surface area contributed by atoms with Gasteiger partial charge in [-0.3, -0.25) is 4.79 Å². The van der Waals surface area contributed by atoms with Gasteiger partial charge in [0.2, 0.25) is 0 Å². The zero-order chi connectivity index (χ0) is 22.4. The molecule has 1 N–H and O–H groups in total. The number of hydrogen-bond donors (Lipinski definition) is 1. The molecule has 1 fully saturated rings. The van der Waals surface area contributed by atoms with E-state index in [0.29, 0.717) is 17.4 Å². The second-order valence-corrected chi connectivity index (χ2v) is 6.95. The molecule has 3 aromatic rings. The molecule has 0 saturated heterocycles. The lowest BCUT2D eigenvalue weighted by Crippen LogP contribution is -2.18. The van der Waals surface area contributed by atoms with Gasteiger partial charge in [-0.25, -0.2) is 14.2 Å². The first kappa shape index (κ1) is 21.1. The number of ether oxygens (including phenoxy) is 1. The van der Waals surface area contributed by atoms with Crippen molar-refractivity contribution in [1.82, 2.24) is 24.4 Å². The largest absolute Gasteiger partial charge is 0.433 e. The fraction of sp³-hybridized carbons (Fsp3) is 0.412. The Balaban J connectivity index is 1.54. The number of alkyl halides is 6. The molecule has 166 valence electrons. The Kier molecular flexibility index (Phi) is 5.11. The minimum Gasteiger partial charge on any atom is -0.350 e. The van der Waals surface area contributed by atoms with Gasteiger partial charge in [-0.2, -0.15) is 36.5 Å². The Labute approximate surface area is 169 Å². The van der Waals surface area contributed by atoms with Gasteiger partial charge in [-0.05, 0) is 18.9 Å². The molecule has 0 atom stereocenters. The summed E-state index contributed by atoms with van der Waals surface area (Å²) in [4.78, 5) is 16.8. The van der Waals surface area contributed by atoms with Crippen LogP contribution in [0.25, 0.3) is 5.65 Å². The summed E-state index contributed by atoms with van der Waals surface area (Å²) in [7, 11) is 0. The van der Waals surface area contributed by atoms with E-state index >= 15 is 0 Å². The molecule has 0 spiro atoms. The number of hydrogen-bond acceptors (Lipinski definition) is 5. The molecule has 0 aliphatic heterocycles. The average molecular weight is 448 g/mol. The Bertz CT molecular complexity index is 1110. The third kappa shape index (κ3) is 4.78. The molecule has 4 rings (SSSR count). The van der Waals surface area contributed by atoms with Crippen LogP contribution in [0.1, 0.15) is 40.5 Å². The van der Waals surface area contributed by atoms with E-state index in [0.717, 1.165) is 23.1 Å². The van der Waals surface area contributed by atoms with Crippen LogP contribution < -0.4 is 5.32 Å². The molecular weight excluding hydrogens is 434 g/mol. The number of aromatic nitrogens is 5. The first-order chi connectivity index (χ1) is 14.5. The fourth-order valence-corrected chi connectivity index (χ4v) is 2.88. The van der Waals surface area contributed by atoms with Crippen molar-refractivity contribution in [2.45, 2.75) is 37.8 Å². The van der Waals surface area contributed by atoms with Gasteiger partial charge in [0, 0.05) is 11.6 Å². The van der Waals surface area contributed by atoms with Gasteiger partial charge < -0.3 is 10.1 Å². The summed E-state index contributed by atoms with van der Waals surface area (Å²) in [6.07, 6.45) is -4.41. The first-order valence-electron chi connectivity index (χ1n) is 8.95. The topological polar surface area (TPSA) is 86.3 Å². The van der Waals surface area contributed by atoms with E-state index in [1.807, 2.05) is 0 Å². The van der Waals surface area contributed by atoms with Crippen molar-refractivity contribution in [2.24, 2.45) is 0 Å². The van der Waals surface area contributed by atoms with Gasteiger partial charge in [0.25, 0.3) is 5.91 Å². The van der Waals surface area contributed by atoms with Crippen molar-refractivity contribution in [3.8, 4) is 0 Å². The van der Waals surface area contributed by atoms with Crippen LogP contribution in [0.2, 0.25) is 0 Å². The molecule has 1 amide bonds. The molecule has 0 aromatic carbocycles. The highest BCUT2D eigenvalue weighted by molar-refractivity contribution is 6.08. The minimum atomic E-state index is -4.69. The Hall–Kier alpha value is -3.16. The lowest BCUT2D eigenvalue weighted by Gasteiger charge is -2.11. The number of amides is 1. The second kappa shape index (κ2) is 7.51. The van der Waals surface area contributed by atoms with Crippen molar-refractivity contribution < 1.29 is 35.9 Å². The highest BCUT2D eigenvalue weighted by atomic mass is 19.4. The number of nitrogens with one attached hydrogen (secondary N) is 1. The quantitative estimate of drug-likeness (QED) is 0.583. The van der Waals surface area contributed by atoms with Gasteiger partial charge in [0.05, 0.1) is 24.3 Å². The lowest BCUT2D eigenvalue weighted by molar-refractivity contribution is -0.182. The van der Waals surface area contributed by atoms with Gasteiger partial charge in [-0.15, -0.1) is 0 Å². The molecule has 8 nitrogen and oxygen atoms in total. The monoisotopic (exact) mass is 448 g/mol. The zero-order valence-corrected chi connectivity index (χ0v) is 15.5. The number of carbonyl (C=O) groups excluding carboxylic acids is 1. The summed E-state index contributed by atoms with van der Waals surface area (Å²) in [5.41, 5.74) is -1.12. The number of nitrogens with zero attached hydrogens (tertiary/aromatic N) is 5. The number of halogens is 6. The smallest absolute Gasteiger partial charge is 0.350 e. The molecule has 1 saturated carbocycles. The van der Waals surface area contributed by atoms with Crippen LogP contribution in [0.5, 0.6) is 0 Å². The number of fused-ring (bicyclic) bond motifs is 1. The maximum Gasteiger partial charge on any atom is 0.433 e. The van der Waals surface area contributed by atoms with Gasteiger partial charge >= 0.3 is 12.4 Å². The summed E-state index contributed by atoms with van der Waals surface area (Å²) in [5, 5.41) is 9.82. The van der Waals surface area contributed by atoms with E-state index in [-0.39, 0.29) is 28.5 Å². The molecule has 1 aliphatic carbocycles. The van der Waals surface area contributed by atoms with Crippen molar-refractivity contribution in [3.63, 3.8) is 0 Å². The zero-order valence-electron chi connectivity index (χ0n) is 15.5. The van der Waals surface area contributed by atoms with E-state index < -0.39 is 37.3 Å². The molecule has 14 heteroatoms.